The first kappa shape index (κ1) is 12.2. The van der Waals surface area contributed by atoms with Gasteiger partial charge in [0.1, 0.15) is 0 Å². The van der Waals surface area contributed by atoms with Gasteiger partial charge in [0.05, 0.1) is 18.1 Å². The van der Waals surface area contributed by atoms with Crippen LogP contribution in [0.3, 0.4) is 0 Å². The zero-order valence-corrected chi connectivity index (χ0v) is 10.2. The quantitative estimate of drug-likeness (QED) is 0.700. The first-order chi connectivity index (χ1) is 7.27. The predicted octanol–water partition coefficient (Wildman–Crippen LogP) is 2.65. The summed E-state index contributed by atoms with van der Waals surface area (Å²) in [5.41, 5.74) is 1.18. The minimum atomic E-state index is 0.433. The van der Waals surface area contributed by atoms with Crippen molar-refractivity contribution >= 4 is 0 Å². The minimum Gasteiger partial charge on any atom is -0.340 e. The lowest BCUT2D eigenvalue weighted by molar-refractivity contribution is 0.478. The lowest BCUT2D eigenvalue weighted by Gasteiger charge is -2.15. The van der Waals surface area contributed by atoms with Gasteiger partial charge in [0, 0.05) is 13.2 Å². The maximum absolute atomic E-state index is 4.41. The third kappa shape index (κ3) is 4.04. The molecule has 0 aromatic carbocycles. The van der Waals surface area contributed by atoms with Crippen LogP contribution in [-0.2, 0) is 7.05 Å². The Labute approximate surface area is 92.9 Å². The van der Waals surface area contributed by atoms with Gasteiger partial charge in [0.15, 0.2) is 0 Å². The van der Waals surface area contributed by atoms with Gasteiger partial charge in [0.2, 0.25) is 0 Å². The normalized spacial score (nSPS) is 13.0. The summed E-state index contributed by atoms with van der Waals surface area (Å²) in [5.74, 6) is 0. The molecule has 1 aromatic heterocycles. The average Bonchev–Trinajstić information content (AvgIpc) is 2.64. The van der Waals surface area contributed by atoms with E-state index in [0.29, 0.717) is 6.04 Å². The first-order valence-corrected chi connectivity index (χ1v) is 5.99. The highest BCUT2D eigenvalue weighted by Gasteiger charge is 2.11. The number of hydrogen-bond acceptors (Lipinski definition) is 2. The average molecular weight is 209 g/mol. The maximum atomic E-state index is 4.41. The molecule has 15 heavy (non-hydrogen) atoms. The van der Waals surface area contributed by atoms with Crippen molar-refractivity contribution in [3.8, 4) is 0 Å². The van der Waals surface area contributed by atoms with Crippen molar-refractivity contribution in [2.45, 2.75) is 45.6 Å². The summed E-state index contributed by atoms with van der Waals surface area (Å²) in [5, 5.41) is 3.50. The molecule has 86 valence electrons. The molecule has 3 nitrogen and oxygen atoms in total. The van der Waals surface area contributed by atoms with Gasteiger partial charge in [-0.15, -0.1) is 0 Å². The van der Waals surface area contributed by atoms with Gasteiger partial charge in [0.25, 0.3) is 0 Å². The molecule has 3 heteroatoms. The number of unbranched alkanes of at least 4 members (excludes halogenated alkanes) is 2. The molecule has 1 aromatic rings. The molecule has 0 aliphatic heterocycles. The fraction of sp³-hybridized carbons (Fsp3) is 0.750. The van der Waals surface area contributed by atoms with E-state index in [0.717, 1.165) is 6.54 Å². The molecule has 0 amide bonds. The SMILES string of the molecule is CCCCCC(NCC)c1cn(C)cn1. The van der Waals surface area contributed by atoms with E-state index in [1.165, 1.54) is 31.4 Å². The van der Waals surface area contributed by atoms with Crippen LogP contribution >= 0.6 is 0 Å². The lowest BCUT2D eigenvalue weighted by atomic mass is 10.1. The summed E-state index contributed by atoms with van der Waals surface area (Å²) in [6.07, 6.45) is 9.05. The van der Waals surface area contributed by atoms with Crippen LogP contribution in [0, 0.1) is 0 Å². The molecule has 1 heterocycles. The number of nitrogens with one attached hydrogen (secondary N) is 1. The van der Waals surface area contributed by atoms with Gasteiger partial charge in [-0.3, -0.25) is 0 Å². The standard InChI is InChI=1S/C12H23N3/c1-4-6-7-8-11(13-5-2)12-9-15(3)10-14-12/h9-11,13H,4-8H2,1-3H3. The van der Waals surface area contributed by atoms with Crippen molar-refractivity contribution in [1.82, 2.24) is 14.9 Å². The summed E-state index contributed by atoms with van der Waals surface area (Å²) >= 11 is 0. The second kappa shape index (κ2) is 6.62. The van der Waals surface area contributed by atoms with E-state index in [9.17, 15) is 0 Å². The summed E-state index contributed by atoms with van der Waals surface area (Å²) in [6, 6.07) is 0.433. The van der Waals surface area contributed by atoms with Crippen molar-refractivity contribution in [2.75, 3.05) is 6.54 Å². The molecule has 1 atom stereocenters. The Bertz CT molecular complexity index is 268. The topological polar surface area (TPSA) is 29.9 Å². The van der Waals surface area contributed by atoms with Crippen molar-refractivity contribution in [2.24, 2.45) is 7.05 Å². The second-order valence-corrected chi connectivity index (χ2v) is 4.07. The molecule has 0 aliphatic carbocycles. The van der Waals surface area contributed by atoms with Gasteiger partial charge in [-0.25, -0.2) is 4.98 Å². The summed E-state index contributed by atoms with van der Waals surface area (Å²) in [6.45, 7) is 5.39. The molecule has 0 radical (unpaired) electrons. The van der Waals surface area contributed by atoms with E-state index in [2.05, 4.69) is 30.3 Å². The fourth-order valence-electron chi connectivity index (χ4n) is 1.81. The van der Waals surface area contributed by atoms with Gasteiger partial charge in [-0.2, -0.15) is 0 Å². The molecular formula is C12H23N3. The van der Waals surface area contributed by atoms with Gasteiger partial charge in [-0.1, -0.05) is 33.1 Å². The molecule has 0 aliphatic rings. The number of aromatic nitrogens is 2. The monoisotopic (exact) mass is 209 g/mol. The highest BCUT2D eigenvalue weighted by atomic mass is 15.0. The van der Waals surface area contributed by atoms with E-state index in [1.54, 1.807) is 0 Å². The van der Waals surface area contributed by atoms with E-state index in [1.807, 2.05) is 17.9 Å². The van der Waals surface area contributed by atoms with Gasteiger partial charge < -0.3 is 9.88 Å². The number of imidazole rings is 1. The first-order valence-electron chi connectivity index (χ1n) is 5.99. The Morgan fingerprint density at radius 1 is 1.40 bits per heavy atom. The zero-order valence-electron chi connectivity index (χ0n) is 10.2. The molecule has 0 saturated heterocycles. The molecule has 0 saturated carbocycles. The number of rotatable bonds is 7. The molecule has 1 N–H and O–H groups in total. The maximum Gasteiger partial charge on any atom is 0.0947 e. The van der Waals surface area contributed by atoms with Crippen LogP contribution in [0.1, 0.15) is 51.3 Å². The highest BCUT2D eigenvalue weighted by molar-refractivity contribution is 5.03. The van der Waals surface area contributed by atoms with E-state index >= 15 is 0 Å². The smallest absolute Gasteiger partial charge is 0.0947 e. The summed E-state index contributed by atoms with van der Waals surface area (Å²) < 4.78 is 2.01. The van der Waals surface area contributed by atoms with Crippen LogP contribution in [0.4, 0.5) is 0 Å². The third-order valence-corrected chi connectivity index (χ3v) is 2.63. The van der Waals surface area contributed by atoms with Crippen LogP contribution in [-0.4, -0.2) is 16.1 Å². The van der Waals surface area contributed by atoms with Crippen molar-refractivity contribution < 1.29 is 0 Å². The molecule has 0 spiro atoms. The van der Waals surface area contributed by atoms with Crippen LogP contribution in [0.15, 0.2) is 12.5 Å². The molecule has 0 bridgehead atoms. The predicted molar refractivity (Wildman–Crippen MR) is 63.8 cm³/mol. The third-order valence-electron chi connectivity index (χ3n) is 2.63. The van der Waals surface area contributed by atoms with Crippen LogP contribution < -0.4 is 5.32 Å². The fourth-order valence-corrected chi connectivity index (χ4v) is 1.81. The zero-order chi connectivity index (χ0) is 11.1. The van der Waals surface area contributed by atoms with Crippen molar-refractivity contribution in [3.63, 3.8) is 0 Å². The lowest BCUT2D eigenvalue weighted by Crippen LogP contribution is -2.21. The molecule has 0 fully saturated rings. The van der Waals surface area contributed by atoms with E-state index in [4.69, 9.17) is 0 Å². The Morgan fingerprint density at radius 2 is 2.20 bits per heavy atom. The van der Waals surface area contributed by atoms with Crippen LogP contribution in [0.5, 0.6) is 0 Å². The Morgan fingerprint density at radius 3 is 2.73 bits per heavy atom. The summed E-state index contributed by atoms with van der Waals surface area (Å²) in [4.78, 5) is 4.41. The molecule has 1 unspecified atom stereocenters. The van der Waals surface area contributed by atoms with E-state index < -0.39 is 0 Å². The second-order valence-electron chi connectivity index (χ2n) is 4.07. The number of nitrogens with zero attached hydrogens (tertiary/aromatic N) is 2. The van der Waals surface area contributed by atoms with E-state index in [-0.39, 0.29) is 0 Å². The largest absolute Gasteiger partial charge is 0.340 e. The van der Waals surface area contributed by atoms with Crippen molar-refractivity contribution in [3.05, 3.63) is 18.2 Å². The highest BCUT2D eigenvalue weighted by Crippen LogP contribution is 2.17. The van der Waals surface area contributed by atoms with Crippen molar-refractivity contribution in [1.29, 1.82) is 0 Å². The molecular weight excluding hydrogens is 186 g/mol. The molecule has 1 rings (SSSR count). The number of hydrogen-bond donors (Lipinski definition) is 1. The van der Waals surface area contributed by atoms with Gasteiger partial charge in [-0.05, 0) is 13.0 Å². The van der Waals surface area contributed by atoms with Crippen LogP contribution in [0.2, 0.25) is 0 Å². The Balaban J connectivity index is 2.49. The Hall–Kier alpha value is -0.830. The minimum absolute atomic E-state index is 0.433. The summed E-state index contributed by atoms with van der Waals surface area (Å²) in [7, 11) is 2.02. The Kier molecular flexibility index (Phi) is 5.40. The van der Waals surface area contributed by atoms with Crippen LogP contribution in [0.25, 0.3) is 0 Å². The number of aryl methyl sites for hydroxylation is 1. The van der Waals surface area contributed by atoms with Gasteiger partial charge >= 0.3 is 0 Å².